The van der Waals surface area contributed by atoms with E-state index >= 15 is 0 Å². The second kappa shape index (κ2) is 31.6. The SMILES string of the molecule is CC(=O)N[C@@H](Cc1ccccc1)[C@H](O)CN(OC(C)C)S(=O)(=O)c1cccc(N)c1.CC(C)ON(C[C@@H](O)[C@H](Cc1ccccc1)NC(=O)O[C@H]1CCOC1)S(=O)(=O)c1cccc(N)c1.O=C(ONS)OC1CCOC1. The monoisotopic (exact) mass is 1120 g/mol. The molecule has 2 amide bonds. The van der Waals surface area contributed by atoms with Crippen molar-refractivity contribution < 1.29 is 74.9 Å². The van der Waals surface area contributed by atoms with Gasteiger partial charge in [0, 0.05) is 31.1 Å². The lowest BCUT2D eigenvalue weighted by atomic mass is 10.0. The molecule has 420 valence electrons. The highest BCUT2D eigenvalue weighted by Crippen LogP contribution is 2.23. The number of hydrogen-bond acceptors (Lipinski definition) is 20. The van der Waals surface area contributed by atoms with Gasteiger partial charge in [0.2, 0.25) is 5.91 Å². The Hall–Kier alpha value is -5.62. The van der Waals surface area contributed by atoms with Crippen LogP contribution in [0.2, 0.25) is 0 Å². The van der Waals surface area contributed by atoms with Crippen molar-refractivity contribution in [3.63, 3.8) is 0 Å². The van der Waals surface area contributed by atoms with Crippen molar-refractivity contribution in [1.29, 1.82) is 0 Å². The number of hydrogen-bond donors (Lipinski definition) is 8. The van der Waals surface area contributed by atoms with Gasteiger partial charge < -0.3 is 56.1 Å². The summed E-state index contributed by atoms with van der Waals surface area (Å²) in [5, 5.41) is 27.4. The number of rotatable bonds is 23. The van der Waals surface area contributed by atoms with Crippen LogP contribution in [0, 0.1) is 0 Å². The molecule has 26 heteroatoms. The molecule has 2 aliphatic heterocycles. The van der Waals surface area contributed by atoms with Crippen LogP contribution >= 0.6 is 12.8 Å². The van der Waals surface area contributed by atoms with Crippen LogP contribution in [0.1, 0.15) is 58.6 Å². The molecule has 4 aromatic rings. The second-order valence-corrected chi connectivity index (χ2v) is 21.8. The molecule has 2 aliphatic rings. The maximum absolute atomic E-state index is 13.3. The summed E-state index contributed by atoms with van der Waals surface area (Å²) in [5.74, 6) is -0.329. The molecular weight excluding hydrogens is 1050 g/mol. The van der Waals surface area contributed by atoms with E-state index in [1.807, 2.05) is 65.5 Å². The number of nitrogens with one attached hydrogen (secondary N) is 3. The van der Waals surface area contributed by atoms with Crippen molar-refractivity contribution >= 4 is 62.4 Å². The number of anilines is 2. The minimum absolute atomic E-state index is 0.0468. The van der Waals surface area contributed by atoms with E-state index in [9.17, 15) is 41.4 Å². The van der Waals surface area contributed by atoms with Crippen LogP contribution in [-0.2, 0) is 71.1 Å². The third kappa shape index (κ3) is 21.8. The number of hydroxylamine groups is 2. The van der Waals surface area contributed by atoms with Crippen molar-refractivity contribution in [2.75, 3.05) is 51.0 Å². The Morgan fingerprint density at radius 2 is 1.08 bits per heavy atom. The van der Waals surface area contributed by atoms with Crippen LogP contribution in [0.15, 0.2) is 119 Å². The standard InChI is InChI=1S/C24H33N3O7S.C21H29N3O5S.C5H9NO4S/c1-17(2)34-27(35(30,31)21-10-6-9-19(25)14-21)15-23(28)22(13-18-7-4-3-5-8-18)26-24(29)33-20-11-12-32-16-20;1-15(2)29-24(30(27,28)19-11-7-10-18(22)13-19)14-21(26)20(23-16(3)25)12-17-8-5-4-6-9-17;7-5(10-6-11)9-4-1-2-8-3-4/h3-10,14,17,20,22-23,28H,11-13,15-16,25H2,1-2H3,(H,26,29);4-11,13,15,20-21,26H,12,14,22H2,1-3H3,(H,23,25);4,6,11H,1-3H2/t20-,22-,23+;20-,21+;/m00./s1. The molecule has 0 aliphatic carbocycles. The topological polar surface area (TPSA) is 319 Å². The van der Waals surface area contributed by atoms with Crippen LogP contribution < -0.4 is 27.0 Å². The van der Waals surface area contributed by atoms with Crippen molar-refractivity contribution in [3.8, 4) is 0 Å². The summed E-state index contributed by atoms with van der Waals surface area (Å²) >= 11 is 3.45. The molecule has 1 unspecified atom stereocenters. The summed E-state index contributed by atoms with van der Waals surface area (Å²) < 4.78 is 74.6. The first-order valence-electron chi connectivity index (χ1n) is 24.3. The van der Waals surface area contributed by atoms with Gasteiger partial charge in [-0.25, -0.2) is 26.4 Å². The molecule has 2 saturated heterocycles. The number of nitrogen functional groups attached to an aromatic ring is 2. The predicted molar refractivity (Wildman–Crippen MR) is 283 cm³/mol. The summed E-state index contributed by atoms with van der Waals surface area (Å²) in [4.78, 5) is 51.9. The second-order valence-electron chi connectivity index (χ2n) is 17.9. The van der Waals surface area contributed by atoms with Gasteiger partial charge in [-0.15, -0.1) is 0 Å². The number of nitrogens with zero attached hydrogens (tertiary/aromatic N) is 2. The number of ether oxygens (including phenoxy) is 4. The fraction of sp³-hybridized carbons (Fsp3) is 0.460. The van der Waals surface area contributed by atoms with E-state index in [-0.39, 0.29) is 46.6 Å². The van der Waals surface area contributed by atoms with Crippen molar-refractivity contribution in [2.24, 2.45) is 0 Å². The Morgan fingerprint density at radius 1 is 0.658 bits per heavy atom. The van der Waals surface area contributed by atoms with Crippen LogP contribution in [-0.4, -0.2) is 142 Å². The van der Waals surface area contributed by atoms with E-state index in [0.29, 0.717) is 45.0 Å². The summed E-state index contributed by atoms with van der Waals surface area (Å²) in [6, 6.07) is 28.6. The Kier molecular flexibility index (Phi) is 26.1. The van der Waals surface area contributed by atoms with E-state index in [1.54, 1.807) is 39.8 Å². The van der Waals surface area contributed by atoms with Crippen molar-refractivity contribution in [2.45, 2.75) is 119 Å². The Balaban J connectivity index is 0.000000276. The van der Waals surface area contributed by atoms with Gasteiger partial charge in [-0.1, -0.05) is 99.4 Å². The summed E-state index contributed by atoms with van der Waals surface area (Å²) in [6.45, 7) is 9.17. The number of carbonyl (C=O) groups is 3. The Labute approximate surface area is 449 Å². The molecule has 0 aromatic heterocycles. The zero-order chi connectivity index (χ0) is 55.8. The number of alkyl carbamates (subject to hydrolysis) is 1. The molecule has 6 atom stereocenters. The van der Waals surface area contributed by atoms with Gasteiger partial charge >= 0.3 is 12.2 Å². The fourth-order valence-corrected chi connectivity index (χ4v) is 10.2. The number of thiol groups is 1. The number of carbonyl (C=O) groups excluding carboxylic acids is 3. The highest BCUT2D eigenvalue weighted by atomic mass is 32.2. The first kappa shape index (κ1) is 62.9. The quantitative estimate of drug-likeness (QED) is 0.0225. The number of amides is 2. The molecule has 0 radical (unpaired) electrons. The lowest BCUT2D eigenvalue weighted by Crippen LogP contribution is -2.51. The van der Waals surface area contributed by atoms with Crippen LogP contribution in [0.25, 0.3) is 0 Å². The first-order valence-corrected chi connectivity index (χ1v) is 27.6. The van der Waals surface area contributed by atoms with E-state index < -0.39 is 75.3 Å². The Morgan fingerprint density at radius 3 is 1.45 bits per heavy atom. The van der Waals surface area contributed by atoms with E-state index in [4.69, 9.17) is 40.1 Å². The predicted octanol–water partition coefficient (Wildman–Crippen LogP) is 4.07. The normalized spacial score (nSPS) is 17.1. The summed E-state index contributed by atoms with van der Waals surface area (Å²) in [6.07, 6.45) is -3.64. The molecule has 6 rings (SSSR count). The minimum atomic E-state index is -4.16. The maximum atomic E-state index is 13.3. The summed E-state index contributed by atoms with van der Waals surface area (Å²) in [7, 11) is -8.25. The lowest BCUT2D eigenvalue weighted by Gasteiger charge is -2.30. The number of sulfonamides is 2. The van der Waals surface area contributed by atoms with Gasteiger partial charge in [0.25, 0.3) is 20.0 Å². The zero-order valence-corrected chi connectivity index (χ0v) is 45.5. The number of aliphatic hydroxyl groups excluding tert-OH is 2. The smallest absolute Gasteiger partial charge is 0.444 e. The van der Waals surface area contributed by atoms with Gasteiger partial charge in [-0.3, -0.25) is 14.5 Å². The molecule has 2 heterocycles. The number of benzene rings is 4. The fourth-order valence-electron chi connectivity index (χ4n) is 7.32. The van der Waals surface area contributed by atoms with E-state index in [1.165, 1.54) is 43.3 Å². The van der Waals surface area contributed by atoms with Gasteiger partial charge in [0.15, 0.2) is 0 Å². The minimum Gasteiger partial charge on any atom is -0.444 e. The highest BCUT2D eigenvalue weighted by Gasteiger charge is 2.35. The van der Waals surface area contributed by atoms with Crippen LogP contribution in [0.3, 0.4) is 0 Å². The molecule has 2 fully saturated rings. The third-order valence-corrected chi connectivity index (χ3v) is 14.2. The molecule has 23 nitrogen and oxygen atoms in total. The molecule has 0 bridgehead atoms. The van der Waals surface area contributed by atoms with Crippen molar-refractivity contribution in [3.05, 3.63) is 120 Å². The van der Waals surface area contributed by atoms with Crippen LogP contribution in [0.4, 0.5) is 21.0 Å². The highest BCUT2D eigenvalue weighted by molar-refractivity contribution is 7.89. The Bertz CT molecular complexity index is 2610. The van der Waals surface area contributed by atoms with Crippen LogP contribution in [0.5, 0.6) is 0 Å². The molecule has 9 N–H and O–H groups in total. The molecule has 0 saturated carbocycles. The number of aliphatic hydroxyl groups is 2. The third-order valence-electron chi connectivity index (χ3n) is 10.8. The zero-order valence-electron chi connectivity index (χ0n) is 43.0. The number of nitrogens with two attached hydrogens (primary N) is 2. The van der Waals surface area contributed by atoms with Crippen molar-refractivity contribution in [1.82, 2.24) is 24.5 Å². The molecular formula is C50H71N7O16S3. The molecule has 4 aromatic carbocycles. The molecule has 76 heavy (non-hydrogen) atoms. The average Bonchev–Trinajstić information content (AvgIpc) is 4.09. The molecule has 0 spiro atoms. The van der Waals surface area contributed by atoms with Gasteiger partial charge in [-0.05, 0) is 88.1 Å². The first-order chi connectivity index (χ1) is 36.1. The largest absolute Gasteiger partial charge is 0.528 e. The van der Waals surface area contributed by atoms with Gasteiger partial charge in [0.1, 0.15) is 12.2 Å². The average molecular weight is 1120 g/mol. The van der Waals surface area contributed by atoms with Gasteiger partial charge in [0.05, 0.1) is 85.8 Å². The lowest BCUT2D eigenvalue weighted by molar-refractivity contribution is -0.138. The van der Waals surface area contributed by atoms with E-state index in [2.05, 4.69) is 28.3 Å². The summed E-state index contributed by atoms with van der Waals surface area (Å²) in [5.41, 5.74) is 13.8. The van der Waals surface area contributed by atoms with Gasteiger partial charge in [-0.2, -0.15) is 0 Å². The maximum Gasteiger partial charge on any atom is 0.528 e. The van der Waals surface area contributed by atoms with E-state index in [0.717, 1.165) is 26.5 Å².